The Hall–Kier alpha value is -3.37. The van der Waals surface area contributed by atoms with Crippen molar-refractivity contribution in [2.24, 2.45) is 0 Å². The summed E-state index contributed by atoms with van der Waals surface area (Å²) in [5.74, 6) is -1.39. The number of rotatable bonds is 9. The second-order valence-corrected chi connectivity index (χ2v) is 7.86. The molecule has 0 saturated carbocycles. The van der Waals surface area contributed by atoms with Crippen molar-refractivity contribution in [3.8, 4) is 0 Å². The minimum atomic E-state index is -1.32. The first-order valence-corrected chi connectivity index (χ1v) is 10.9. The summed E-state index contributed by atoms with van der Waals surface area (Å²) in [7, 11) is 0. The molecule has 0 saturated heterocycles. The average molecular weight is 473 g/mol. The number of anilines is 1. The molecule has 3 rings (SSSR count). The van der Waals surface area contributed by atoms with E-state index < -0.39 is 5.97 Å². The third-order valence-electron chi connectivity index (χ3n) is 4.35. The van der Waals surface area contributed by atoms with Gasteiger partial charge in [0.15, 0.2) is 11.0 Å². The second kappa shape index (κ2) is 10.8. The van der Waals surface area contributed by atoms with E-state index in [4.69, 9.17) is 11.6 Å². The quantitative estimate of drug-likeness (QED) is 0.455. The Morgan fingerprint density at radius 1 is 1.12 bits per heavy atom. The number of hydrogen-bond donors (Lipinski definition) is 2. The van der Waals surface area contributed by atoms with Gasteiger partial charge in [-0.25, -0.2) is 0 Å². The lowest BCUT2D eigenvalue weighted by Crippen LogP contribution is -2.25. The van der Waals surface area contributed by atoms with Gasteiger partial charge >= 0.3 is 0 Å². The van der Waals surface area contributed by atoms with E-state index in [1.165, 1.54) is 30.0 Å². The van der Waals surface area contributed by atoms with Gasteiger partial charge in [0.25, 0.3) is 5.91 Å². The van der Waals surface area contributed by atoms with Gasteiger partial charge in [-0.2, -0.15) is 0 Å². The van der Waals surface area contributed by atoms with Gasteiger partial charge in [-0.05, 0) is 36.8 Å². The van der Waals surface area contributed by atoms with Crippen LogP contribution >= 0.6 is 23.4 Å². The number of amides is 2. The maximum absolute atomic E-state index is 12.3. The van der Waals surface area contributed by atoms with Crippen molar-refractivity contribution in [1.29, 1.82) is 0 Å². The zero-order chi connectivity index (χ0) is 23.1. The van der Waals surface area contributed by atoms with E-state index in [0.717, 1.165) is 0 Å². The van der Waals surface area contributed by atoms with E-state index >= 15 is 0 Å². The standard InChI is InChI=1S/C21H20ClN5O4S/c1-2-27-17(11-23-19(29)15-8-3-4-9-16(15)22)25-26-21(27)32-12-18(28)24-14-7-5-6-13(10-14)20(30)31/h3-10H,2,11-12H2,1H3,(H,23,29)(H,24,28)(H,30,31)/p-1. The lowest BCUT2D eigenvalue weighted by Gasteiger charge is -2.10. The summed E-state index contributed by atoms with van der Waals surface area (Å²) in [6.45, 7) is 2.59. The van der Waals surface area contributed by atoms with Crippen LogP contribution in [0.3, 0.4) is 0 Å². The van der Waals surface area contributed by atoms with Gasteiger partial charge in [0.05, 0.1) is 28.9 Å². The number of nitrogens with one attached hydrogen (secondary N) is 2. The van der Waals surface area contributed by atoms with Crippen molar-refractivity contribution in [3.63, 3.8) is 0 Å². The Kier molecular flexibility index (Phi) is 7.85. The Morgan fingerprint density at radius 2 is 1.91 bits per heavy atom. The number of aromatic carboxylic acids is 1. The predicted octanol–water partition coefficient (Wildman–Crippen LogP) is 1.98. The maximum atomic E-state index is 12.3. The number of nitrogens with zero attached hydrogens (tertiary/aromatic N) is 3. The summed E-state index contributed by atoms with van der Waals surface area (Å²) >= 11 is 7.23. The van der Waals surface area contributed by atoms with Crippen LogP contribution in [0.4, 0.5) is 5.69 Å². The molecule has 166 valence electrons. The van der Waals surface area contributed by atoms with Crippen LogP contribution in [0.25, 0.3) is 0 Å². The fourth-order valence-electron chi connectivity index (χ4n) is 2.83. The van der Waals surface area contributed by atoms with Gasteiger partial charge in [0, 0.05) is 12.2 Å². The monoisotopic (exact) mass is 472 g/mol. The SMILES string of the molecule is CCn1c(CNC(=O)c2ccccc2Cl)nnc1SCC(=O)Nc1cccc(C(=O)[O-])c1. The van der Waals surface area contributed by atoms with Gasteiger partial charge in [0.2, 0.25) is 5.91 Å². The van der Waals surface area contributed by atoms with Gasteiger partial charge in [-0.1, -0.05) is 47.6 Å². The first-order valence-electron chi connectivity index (χ1n) is 9.58. The van der Waals surface area contributed by atoms with Crippen LogP contribution in [0.2, 0.25) is 5.02 Å². The van der Waals surface area contributed by atoms with Crippen LogP contribution in [-0.2, 0) is 17.9 Å². The average Bonchev–Trinajstić information content (AvgIpc) is 3.18. The molecule has 2 N–H and O–H groups in total. The molecule has 2 aromatic carbocycles. The maximum Gasteiger partial charge on any atom is 0.253 e. The van der Waals surface area contributed by atoms with E-state index in [-0.39, 0.29) is 29.7 Å². The molecule has 1 aromatic heterocycles. The summed E-state index contributed by atoms with van der Waals surface area (Å²) in [4.78, 5) is 35.5. The molecular formula is C21H19ClN5O4S-. The summed E-state index contributed by atoms with van der Waals surface area (Å²) < 4.78 is 1.79. The van der Waals surface area contributed by atoms with Crippen molar-refractivity contribution in [3.05, 3.63) is 70.5 Å². The van der Waals surface area contributed by atoms with Crippen LogP contribution in [0.1, 0.15) is 33.5 Å². The summed E-state index contributed by atoms with van der Waals surface area (Å²) in [6.07, 6.45) is 0. The van der Waals surface area contributed by atoms with Crippen molar-refractivity contribution in [2.45, 2.75) is 25.2 Å². The highest BCUT2D eigenvalue weighted by Gasteiger charge is 2.15. The molecule has 0 bridgehead atoms. The molecule has 9 nitrogen and oxygen atoms in total. The zero-order valence-corrected chi connectivity index (χ0v) is 18.6. The summed E-state index contributed by atoms with van der Waals surface area (Å²) in [5.41, 5.74) is 0.702. The van der Waals surface area contributed by atoms with Gasteiger partial charge in [-0.15, -0.1) is 10.2 Å². The zero-order valence-electron chi connectivity index (χ0n) is 17.0. The van der Waals surface area contributed by atoms with Crippen molar-refractivity contribution in [2.75, 3.05) is 11.1 Å². The molecule has 32 heavy (non-hydrogen) atoms. The second-order valence-electron chi connectivity index (χ2n) is 6.51. The van der Waals surface area contributed by atoms with Gasteiger partial charge in [0.1, 0.15) is 0 Å². The summed E-state index contributed by atoms with van der Waals surface area (Å²) in [5, 5.41) is 25.4. The molecule has 0 fully saturated rings. The van der Waals surface area contributed by atoms with Crippen molar-refractivity contribution < 1.29 is 19.5 Å². The van der Waals surface area contributed by atoms with Gasteiger partial charge < -0.3 is 25.1 Å². The van der Waals surface area contributed by atoms with Crippen LogP contribution in [0, 0.1) is 0 Å². The van der Waals surface area contributed by atoms with E-state index in [1.54, 1.807) is 34.9 Å². The van der Waals surface area contributed by atoms with E-state index in [2.05, 4.69) is 20.8 Å². The fourth-order valence-corrected chi connectivity index (χ4v) is 3.87. The molecule has 11 heteroatoms. The predicted molar refractivity (Wildman–Crippen MR) is 118 cm³/mol. The molecular weight excluding hydrogens is 454 g/mol. The highest BCUT2D eigenvalue weighted by atomic mass is 35.5. The Labute approximate surface area is 193 Å². The molecule has 3 aromatic rings. The lowest BCUT2D eigenvalue weighted by atomic mass is 10.2. The van der Waals surface area contributed by atoms with Crippen LogP contribution in [-0.4, -0.2) is 38.3 Å². The molecule has 0 aliphatic rings. The van der Waals surface area contributed by atoms with Crippen LogP contribution < -0.4 is 15.7 Å². The molecule has 0 atom stereocenters. The molecule has 0 aliphatic carbocycles. The number of thioether (sulfide) groups is 1. The molecule has 0 radical (unpaired) electrons. The van der Waals surface area contributed by atoms with Gasteiger partial charge in [-0.3, -0.25) is 9.59 Å². The van der Waals surface area contributed by atoms with Crippen molar-refractivity contribution in [1.82, 2.24) is 20.1 Å². The number of carbonyl (C=O) groups is 3. The van der Waals surface area contributed by atoms with Crippen LogP contribution in [0.15, 0.2) is 53.7 Å². The first-order chi connectivity index (χ1) is 15.4. The highest BCUT2D eigenvalue weighted by Crippen LogP contribution is 2.19. The minimum Gasteiger partial charge on any atom is -0.545 e. The molecule has 0 aliphatic heterocycles. The number of hydrogen-bond acceptors (Lipinski definition) is 7. The Morgan fingerprint density at radius 3 is 2.62 bits per heavy atom. The molecule has 2 amide bonds. The van der Waals surface area contributed by atoms with E-state index in [9.17, 15) is 19.5 Å². The third kappa shape index (κ3) is 5.86. The molecule has 0 unspecified atom stereocenters. The lowest BCUT2D eigenvalue weighted by molar-refractivity contribution is -0.255. The topological polar surface area (TPSA) is 129 Å². The Bertz CT molecular complexity index is 1150. The smallest absolute Gasteiger partial charge is 0.253 e. The third-order valence-corrected chi connectivity index (χ3v) is 5.65. The normalized spacial score (nSPS) is 10.6. The largest absolute Gasteiger partial charge is 0.545 e. The number of benzene rings is 2. The van der Waals surface area contributed by atoms with E-state index in [0.29, 0.717) is 33.8 Å². The minimum absolute atomic E-state index is 0.0235. The highest BCUT2D eigenvalue weighted by molar-refractivity contribution is 7.99. The molecule has 0 spiro atoms. The number of halogens is 1. The number of carboxylic acids is 1. The van der Waals surface area contributed by atoms with E-state index in [1.807, 2.05) is 6.92 Å². The Balaban J connectivity index is 1.58. The number of aromatic nitrogens is 3. The van der Waals surface area contributed by atoms with Crippen molar-refractivity contribution >= 4 is 46.8 Å². The number of carboxylic acid groups (broad SMARTS) is 1. The summed E-state index contributed by atoms with van der Waals surface area (Å²) in [6, 6.07) is 12.6. The first kappa shape index (κ1) is 23.3. The van der Waals surface area contributed by atoms with Crippen LogP contribution in [0.5, 0.6) is 0 Å². The molecule has 1 heterocycles. The fraction of sp³-hybridized carbons (Fsp3) is 0.190. The number of carbonyl (C=O) groups excluding carboxylic acids is 3.